The number of rotatable bonds is 5. The molecule has 3 heteroatoms. The third-order valence-electron chi connectivity index (χ3n) is 2.47. The summed E-state index contributed by atoms with van der Waals surface area (Å²) in [7, 11) is 0. The topological polar surface area (TPSA) is 55.1 Å². The molecule has 0 fully saturated rings. The van der Waals surface area contributed by atoms with E-state index in [1.807, 2.05) is 20.8 Å². The molecular formula is C12H26N2O. The first kappa shape index (κ1) is 14.4. The fourth-order valence-electron chi connectivity index (χ4n) is 1.23. The van der Waals surface area contributed by atoms with Gasteiger partial charge >= 0.3 is 0 Å². The Morgan fingerprint density at radius 1 is 1.33 bits per heavy atom. The third-order valence-corrected chi connectivity index (χ3v) is 2.47. The molecule has 0 rings (SSSR count). The van der Waals surface area contributed by atoms with E-state index < -0.39 is 6.04 Å². The molecule has 0 aromatic rings. The van der Waals surface area contributed by atoms with Crippen LogP contribution in [0.5, 0.6) is 0 Å². The molecule has 3 nitrogen and oxygen atoms in total. The van der Waals surface area contributed by atoms with Gasteiger partial charge in [-0.05, 0) is 24.2 Å². The van der Waals surface area contributed by atoms with Gasteiger partial charge in [-0.2, -0.15) is 0 Å². The van der Waals surface area contributed by atoms with Gasteiger partial charge in [0.05, 0.1) is 6.04 Å². The second-order valence-corrected chi connectivity index (χ2v) is 5.67. The Morgan fingerprint density at radius 2 is 1.87 bits per heavy atom. The van der Waals surface area contributed by atoms with E-state index in [1.54, 1.807) is 0 Å². The summed E-state index contributed by atoms with van der Waals surface area (Å²) in [6, 6.07) is -0.420. The average Bonchev–Trinajstić information content (AvgIpc) is 2.09. The SMILES string of the molecule is CC(C)CCCNC(=O)[C@H](N)C(C)(C)C. The molecule has 0 aliphatic carbocycles. The minimum absolute atomic E-state index is 0.0359. The van der Waals surface area contributed by atoms with E-state index in [1.165, 1.54) is 0 Å². The van der Waals surface area contributed by atoms with E-state index in [2.05, 4.69) is 19.2 Å². The average molecular weight is 214 g/mol. The quantitative estimate of drug-likeness (QED) is 0.687. The predicted octanol–water partition coefficient (Wildman–Crippen LogP) is 1.91. The maximum absolute atomic E-state index is 11.6. The van der Waals surface area contributed by atoms with Crippen molar-refractivity contribution in [1.82, 2.24) is 5.32 Å². The maximum atomic E-state index is 11.6. The monoisotopic (exact) mass is 214 g/mol. The predicted molar refractivity (Wildman–Crippen MR) is 64.5 cm³/mol. The lowest BCUT2D eigenvalue weighted by molar-refractivity contribution is -0.124. The molecule has 0 aliphatic heterocycles. The van der Waals surface area contributed by atoms with Crippen LogP contribution in [0, 0.1) is 11.3 Å². The molecule has 0 aromatic carbocycles. The van der Waals surface area contributed by atoms with Gasteiger partial charge in [-0.1, -0.05) is 34.6 Å². The number of hydrogen-bond acceptors (Lipinski definition) is 2. The summed E-state index contributed by atoms with van der Waals surface area (Å²) in [5.41, 5.74) is 5.66. The van der Waals surface area contributed by atoms with Gasteiger partial charge in [-0.15, -0.1) is 0 Å². The van der Waals surface area contributed by atoms with Crippen molar-refractivity contribution in [3.8, 4) is 0 Å². The summed E-state index contributed by atoms with van der Waals surface area (Å²) in [5.74, 6) is 0.657. The Balaban J connectivity index is 3.75. The van der Waals surface area contributed by atoms with E-state index in [0.29, 0.717) is 5.92 Å². The Morgan fingerprint density at radius 3 is 2.27 bits per heavy atom. The second-order valence-electron chi connectivity index (χ2n) is 5.67. The van der Waals surface area contributed by atoms with E-state index in [4.69, 9.17) is 5.73 Å². The molecule has 1 amide bonds. The van der Waals surface area contributed by atoms with Crippen LogP contribution in [0.1, 0.15) is 47.5 Å². The first-order valence-corrected chi connectivity index (χ1v) is 5.78. The summed E-state index contributed by atoms with van der Waals surface area (Å²) in [4.78, 5) is 11.6. The zero-order valence-corrected chi connectivity index (χ0v) is 10.8. The van der Waals surface area contributed by atoms with Gasteiger partial charge in [0.15, 0.2) is 0 Å². The smallest absolute Gasteiger partial charge is 0.237 e. The molecular weight excluding hydrogens is 188 g/mol. The van der Waals surface area contributed by atoms with E-state index >= 15 is 0 Å². The van der Waals surface area contributed by atoms with Crippen molar-refractivity contribution in [1.29, 1.82) is 0 Å². The van der Waals surface area contributed by atoms with Gasteiger partial charge in [0.1, 0.15) is 0 Å². The van der Waals surface area contributed by atoms with Crippen molar-refractivity contribution in [2.24, 2.45) is 17.1 Å². The summed E-state index contributed by atoms with van der Waals surface area (Å²) < 4.78 is 0. The minimum atomic E-state index is -0.420. The van der Waals surface area contributed by atoms with Crippen molar-refractivity contribution in [2.45, 2.75) is 53.5 Å². The lowest BCUT2D eigenvalue weighted by Crippen LogP contribution is -2.48. The van der Waals surface area contributed by atoms with Crippen LogP contribution in [-0.2, 0) is 4.79 Å². The molecule has 0 saturated heterocycles. The Bertz CT molecular complexity index is 194. The molecule has 0 spiro atoms. The molecule has 0 aromatic heterocycles. The molecule has 15 heavy (non-hydrogen) atoms. The van der Waals surface area contributed by atoms with Gasteiger partial charge < -0.3 is 11.1 Å². The zero-order valence-electron chi connectivity index (χ0n) is 10.8. The molecule has 0 radical (unpaired) electrons. The minimum Gasteiger partial charge on any atom is -0.355 e. The number of hydrogen-bond donors (Lipinski definition) is 2. The van der Waals surface area contributed by atoms with E-state index in [0.717, 1.165) is 19.4 Å². The van der Waals surface area contributed by atoms with Crippen LogP contribution in [0.15, 0.2) is 0 Å². The van der Waals surface area contributed by atoms with Crippen LogP contribution in [0.3, 0.4) is 0 Å². The van der Waals surface area contributed by atoms with Gasteiger partial charge in [-0.3, -0.25) is 4.79 Å². The molecule has 1 atom stereocenters. The highest BCUT2D eigenvalue weighted by molar-refractivity contribution is 5.82. The molecule has 3 N–H and O–H groups in total. The van der Waals surface area contributed by atoms with Crippen molar-refractivity contribution >= 4 is 5.91 Å². The van der Waals surface area contributed by atoms with Crippen LogP contribution in [-0.4, -0.2) is 18.5 Å². The molecule has 0 heterocycles. The van der Waals surface area contributed by atoms with Crippen LogP contribution in [0.2, 0.25) is 0 Å². The normalized spacial score (nSPS) is 14.1. The van der Waals surface area contributed by atoms with Crippen molar-refractivity contribution in [3.63, 3.8) is 0 Å². The van der Waals surface area contributed by atoms with Gasteiger partial charge in [0, 0.05) is 6.54 Å². The summed E-state index contributed by atoms with van der Waals surface area (Å²) in [5, 5.41) is 2.88. The molecule has 0 bridgehead atoms. The van der Waals surface area contributed by atoms with Crippen molar-refractivity contribution in [2.75, 3.05) is 6.54 Å². The lowest BCUT2D eigenvalue weighted by Gasteiger charge is -2.25. The molecule has 0 unspecified atom stereocenters. The molecule has 90 valence electrons. The van der Waals surface area contributed by atoms with Crippen molar-refractivity contribution < 1.29 is 4.79 Å². The highest BCUT2D eigenvalue weighted by atomic mass is 16.2. The fraction of sp³-hybridized carbons (Fsp3) is 0.917. The van der Waals surface area contributed by atoms with Crippen molar-refractivity contribution in [3.05, 3.63) is 0 Å². The van der Waals surface area contributed by atoms with E-state index in [-0.39, 0.29) is 11.3 Å². The van der Waals surface area contributed by atoms with Gasteiger partial charge in [-0.25, -0.2) is 0 Å². The van der Waals surface area contributed by atoms with Crippen LogP contribution < -0.4 is 11.1 Å². The maximum Gasteiger partial charge on any atom is 0.237 e. The van der Waals surface area contributed by atoms with E-state index in [9.17, 15) is 4.79 Å². The number of carbonyl (C=O) groups is 1. The summed E-state index contributed by atoms with van der Waals surface area (Å²) in [6.45, 7) is 11.0. The van der Waals surface area contributed by atoms with Gasteiger partial charge in [0.2, 0.25) is 5.91 Å². The summed E-state index contributed by atoms with van der Waals surface area (Å²) in [6.07, 6.45) is 2.17. The highest BCUT2D eigenvalue weighted by Gasteiger charge is 2.26. The number of carbonyl (C=O) groups excluding carboxylic acids is 1. The Kier molecular flexibility index (Phi) is 5.88. The largest absolute Gasteiger partial charge is 0.355 e. The molecule has 0 aliphatic rings. The van der Waals surface area contributed by atoms with Crippen LogP contribution in [0.25, 0.3) is 0 Å². The van der Waals surface area contributed by atoms with Crippen LogP contribution in [0.4, 0.5) is 0 Å². The Hall–Kier alpha value is -0.570. The number of nitrogens with one attached hydrogen (secondary N) is 1. The number of amides is 1. The first-order valence-electron chi connectivity index (χ1n) is 5.78. The van der Waals surface area contributed by atoms with Gasteiger partial charge in [0.25, 0.3) is 0 Å². The third kappa shape index (κ3) is 6.50. The highest BCUT2D eigenvalue weighted by Crippen LogP contribution is 2.17. The molecule has 0 saturated carbocycles. The zero-order chi connectivity index (χ0) is 12.1. The fourth-order valence-corrected chi connectivity index (χ4v) is 1.23. The Labute approximate surface area is 93.8 Å². The lowest BCUT2D eigenvalue weighted by atomic mass is 9.87. The number of nitrogens with two attached hydrogens (primary N) is 1. The van der Waals surface area contributed by atoms with Crippen LogP contribution >= 0.6 is 0 Å². The first-order chi connectivity index (χ1) is 6.75. The standard InChI is InChI=1S/C12H26N2O/c1-9(2)7-6-8-14-11(15)10(13)12(3,4)5/h9-10H,6-8,13H2,1-5H3,(H,14,15)/t10-/m0/s1. The second kappa shape index (κ2) is 6.11. The summed E-state index contributed by atoms with van der Waals surface area (Å²) >= 11 is 0.